The molecule has 0 bridgehead atoms. The Morgan fingerprint density at radius 1 is 1.35 bits per heavy atom. The maximum Gasteiger partial charge on any atom is 0.333 e. The number of rotatable bonds is 4. The quantitative estimate of drug-likeness (QED) is 0.590. The van der Waals surface area contributed by atoms with E-state index in [9.17, 15) is 4.79 Å². The minimum absolute atomic E-state index is 0.0713. The number of carbonyl (C=O) groups is 1. The van der Waals surface area contributed by atoms with Crippen molar-refractivity contribution in [2.24, 2.45) is 0 Å². The van der Waals surface area contributed by atoms with Gasteiger partial charge in [-0.05, 0) is 18.6 Å². The van der Waals surface area contributed by atoms with Gasteiger partial charge >= 0.3 is 5.97 Å². The van der Waals surface area contributed by atoms with E-state index < -0.39 is 0 Å². The van der Waals surface area contributed by atoms with Gasteiger partial charge in [0.1, 0.15) is 12.3 Å². The van der Waals surface area contributed by atoms with E-state index in [1.54, 1.807) is 18.3 Å². The molecule has 0 saturated carbocycles. The Bertz CT molecular complexity index is 493. The molecule has 1 heterocycles. The number of hydrogen-bond acceptors (Lipinski definition) is 4. The Morgan fingerprint density at radius 2 is 2.12 bits per heavy atom. The summed E-state index contributed by atoms with van der Waals surface area (Å²) < 4.78 is 6.61. The summed E-state index contributed by atoms with van der Waals surface area (Å²) in [6, 6.07) is 8.95. The second kappa shape index (κ2) is 5.25. The molecular formula is C12H13N3O2. The van der Waals surface area contributed by atoms with Gasteiger partial charge in [-0.2, -0.15) is 0 Å². The number of hydrogen-bond donors (Lipinski definition) is 0. The van der Waals surface area contributed by atoms with Gasteiger partial charge in [0.2, 0.25) is 0 Å². The molecule has 0 unspecified atom stereocenters. The summed E-state index contributed by atoms with van der Waals surface area (Å²) in [6.07, 6.45) is 2.54. The fraction of sp³-hybridized carbons (Fsp3) is 0.250. The van der Waals surface area contributed by atoms with Crippen LogP contribution in [0.25, 0.3) is 0 Å². The van der Waals surface area contributed by atoms with Crippen molar-refractivity contribution in [2.45, 2.75) is 19.9 Å². The number of benzene rings is 1. The zero-order valence-corrected chi connectivity index (χ0v) is 9.54. The number of ether oxygens (including phenoxy) is 1. The van der Waals surface area contributed by atoms with Crippen LogP contribution in [0.2, 0.25) is 0 Å². The first-order valence-electron chi connectivity index (χ1n) is 5.42. The van der Waals surface area contributed by atoms with E-state index in [1.165, 1.54) is 4.68 Å². The number of nitrogens with zero attached hydrogens (tertiary/aromatic N) is 3. The standard InChI is InChI=1S/C12H13N3O2/c1-2-10-8-15(14-13-10)9-12(16)17-11-6-4-3-5-7-11/h3-8H,2,9H2,1H3. The van der Waals surface area contributed by atoms with E-state index >= 15 is 0 Å². The summed E-state index contributed by atoms with van der Waals surface area (Å²) >= 11 is 0. The third kappa shape index (κ3) is 3.14. The summed E-state index contributed by atoms with van der Waals surface area (Å²) in [4.78, 5) is 11.6. The fourth-order valence-corrected chi connectivity index (χ4v) is 1.36. The molecule has 2 aromatic rings. The first-order chi connectivity index (χ1) is 8.28. The predicted octanol–water partition coefficient (Wildman–Crippen LogP) is 1.45. The van der Waals surface area contributed by atoms with Crippen LogP contribution >= 0.6 is 0 Å². The molecule has 2 rings (SSSR count). The molecule has 1 aromatic carbocycles. The van der Waals surface area contributed by atoms with Crippen LogP contribution in [-0.2, 0) is 17.8 Å². The minimum atomic E-state index is -0.358. The molecule has 0 atom stereocenters. The highest BCUT2D eigenvalue weighted by molar-refractivity contribution is 5.71. The van der Waals surface area contributed by atoms with Gasteiger partial charge in [-0.1, -0.05) is 30.3 Å². The monoisotopic (exact) mass is 231 g/mol. The van der Waals surface area contributed by atoms with Gasteiger partial charge in [0, 0.05) is 6.20 Å². The SMILES string of the molecule is CCc1cn(CC(=O)Oc2ccccc2)nn1. The highest BCUT2D eigenvalue weighted by atomic mass is 16.5. The normalized spacial score (nSPS) is 10.2. The summed E-state index contributed by atoms with van der Waals surface area (Å²) in [7, 11) is 0. The minimum Gasteiger partial charge on any atom is -0.425 e. The molecule has 0 amide bonds. The van der Waals surface area contributed by atoms with Crippen molar-refractivity contribution in [1.82, 2.24) is 15.0 Å². The Labute approximate surface area is 99.0 Å². The average Bonchev–Trinajstić information content (AvgIpc) is 2.78. The molecule has 0 fully saturated rings. The molecule has 1 aromatic heterocycles. The van der Waals surface area contributed by atoms with E-state index in [4.69, 9.17) is 4.74 Å². The van der Waals surface area contributed by atoms with Gasteiger partial charge in [-0.15, -0.1) is 5.10 Å². The van der Waals surface area contributed by atoms with Crippen LogP contribution in [0.1, 0.15) is 12.6 Å². The van der Waals surface area contributed by atoms with Crippen LogP contribution in [0.15, 0.2) is 36.5 Å². The summed E-state index contributed by atoms with van der Waals surface area (Å²) in [6.45, 7) is 2.05. The van der Waals surface area contributed by atoms with Gasteiger partial charge in [-0.3, -0.25) is 0 Å². The fourth-order valence-electron chi connectivity index (χ4n) is 1.36. The average molecular weight is 231 g/mol. The van der Waals surface area contributed by atoms with E-state index in [1.807, 2.05) is 25.1 Å². The second-order valence-electron chi connectivity index (χ2n) is 3.55. The molecule has 0 aliphatic heterocycles. The topological polar surface area (TPSA) is 57.0 Å². The Hall–Kier alpha value is -2.17. The van der Waals surface area contributed by atoms with Gasteiger partial charge in [0.15, 0.2) is 0 Å². The molecular weight excluding hydrogens is 218 g/mol. The van der Waals surface area contributed by atoms with Crippen LogP contribution in [0.5, 0.6) is 5.75 Å². The van der Waals surface area contributed by atoms with Crippen molar-refractivity contribution in [3.8, 4) is 5.75 Å². The lowest BCUT2D eigenvalue weighted by Gasteiger charge is -2.03. The maximum atomic E-state index is 11.6. The zero-order chi connectivity index (χ0) is 12.1. The lowest BCUT2D eigenvalue weighted by atomic mass is 10.3. The molecule has 17 heavy (non-hydrogen) atoms. The highest BCUT2D eigenvalue weighted by Gasteiger charge is 2.07. The van der Waals surface area contributed by atoms with Gasteiger partial charge in [0.25, 0.3) is 0 Å². The zero-order valence-electron chi connectivity index (χ0n) is 9.54. The molecule has 0 aliphatic rings. The summed E-state index contributed by atoms with van der Waals surface area (Å²) in [5.41, 5.74) is 0.859. The number of carbonyl (C=O) groups excluding carboxylic acids is 1. The molecule has 0 spiro atoms. The van der Waals surface area contributed by atoms with Crippen molar-refractivity contribution in [1.29, 1.82) is 0 Å². The lowest BCUT2D eigenvalue weighted by Crippen LogP contribution is -2.16. The van der Waals surface area contributed by atoms with Gasteiger partial charge < -0.3 is 4.74 Å². The van der Waals surface area contributed by atoms with Gasteiger partial charge in [-0.25, -0.2) is 9.48 Å². The van der Waals surface area contributed by atoms with Crippen LogP contribution < -0.4 is 4.74 Å². The molecule has 0 radical (unpaired) electrons. The van der Waals surface area contributed by atoms with Crippen molar-refractivity contribution < 1.29 is 9.53 Å². The van der Waals surface area contributed by atoms with E-state index in [0.29, 0.717) is 5.75 Å². The van der Waals surface area contributed by atoms with Crippen LogP contribution in [0.4, 0.5) is 0 Å². The largest absolute Gasteiger partial charge is 0.425 e. The Kier molecular flexibility index (Phi) is 3.49. The lowest BCUT2D eigenvalue weighted by molar-refractivity contribution is -0.135. The van der Waals surface area contributed by atoms with Crippen molar-refractivity contribution in [3.05, 3.63) is 42.2 Å². The second-order valence-corrected chi connectivity index (χ2v) is 3.55. The van der Waals surface area contributed by atoms with Crippen LogP contribution in [-0.4, -0.2) is 21.0 Å². The Balaban J connectivity index is 1.93. The number of aryl methyl sites for hydroxylation is 1. The summed E-state index contributed by atoms with van der Waals surface area (Å²) in [5, 5.41) is 7.73. The number of aromatic nitrogens is 3. The number of para-hydroxylation sites is 1. The Morgan fingerprint density at radius 3 is 2.76 bits per heavy atom. The van der Waals surface area contributed by atoms with Crippen LogP contribution in [0, 0.1) is 0 Å². The van der Waals surface area contributed by atoms with E-state index in [0.717, 1.165) is 12.1 Å². The van der Waals surface area contributed by atoms with Gasteiger partial charge in [0.05, 0.1) is 5.69 Å². The first-order valence-corrected chi connectivity index (χ1v) is 5.42. The predicted molar refractivity (Wildman–Crippen MR) is 61.5 cm³/mol. The van der Waals surface area contributed by atoms with Crippen molar-refractivity contribution in [3.63, 3.8) is 0 Å². The molecule has 0 aliphatic carbocycles. The van der Waals surface area contributed by atoms with E-state index in [-0.39, 0.29) is 12.5 Å². The molecule has 88 valence electrons. The number of esters is 1. The van der Waals surface area contributed by atoms with Crippen molar-refractivity contribution in [2.75, 3.05) is 0 Å². The molecule has 5 nitrogen and oxygen atoms in total. The molecule has 0 saturated heterocycles. The van der Waals surface area contributed by atoms with Crippen molar-refractivity contribution >= 4 is 5.97 Å². The summed E-state index contributed by atoms with van der Waals surface area (Å²) in [5.74, 6) is 0.178. The maximum absolute atomic E-state index is 11.6. The first kappa shape index (κ1) is 11.3. The third-order valence-corrected chi connectivity index (χ3v) is 2.21. The smallest absolute Gasteiger partial charge is 0.333 e. The molecule has 0 N–H and O–H groups in total. The molecule has 5 heteroatoms. The third-order valence-electron chi connectivity index (χ3n) is 2.21. The highest BCUT2D eigenvalue weighted by Crippen LogP contribution is 2.08. The van der Waals surface area contributed by atoms with Crippen LogP contribution in [0.3, 0.4) is 0 Å². The van der Waals surface area contributed by atoms with E-state index in [2.05, 4.69) is 10.3 Å².